The quantitative estimate of drug-likeness (QED) is 0.451. The molecule has 10 heteroatoms. The molecule has 8 nitrogen and oxygen atoms in total. The summed E-state index contributed by atoms with van der Waals surface area (Å²) in [7, 11) is 0. The minimum absolute atomic E-state index is 0.208. The predicted octanol–water partition coefficient (Wildman–Crippen LogP) is 4.49. The monoisotopic (exact) mass is 566 g/mol. The lowest BCUT2D eigenvalue weighted by Crippen LogP contribution is -2.50. The van der Waals surface area contributed by atoms with Gasteiger partial charge in [0.2, 0.25) is 0 Å². The minimum Gasteiger partial charge on any atom is -0.378 e. The van der Waals surface area contributed by atoms with Crippen LogP contribution in [0.25, 0.3) is 10.9 Å². The third kappa shape index (κ3) is 7.11. The number of nitrogens with one attached hydrogen (secondary N) is 1. The maximum atomic E-state index is 14.0. The maximum Gasteiger partial charge on any atom is 0.252 e. The van der Waals surface area contributed by atoms with Crippen LogP contribution in [0.4, 0.5) is 14.6 Å². The number of carbonyl (C=O) groups is 1. The highest BCUT2D eigenvalue weighted by molar-refractivity contribution is 6.06. The van der Waals surface area contributed by atoms with E-state index in [-0.39, 0.29) is 44.4 Å². The summed E-state index contributed by atoms with van der Waals surface area (Å²) in [6.45, 7) is 11.4. The fourth-order valence-corrected chi connectivity index (χ4v) is 5.77. The van der Waals surface area contributed by atoms with Crippen molar-refractivity contribution in [3.05, 3.63) is 59.9 Å². The number of aromatic nitrogens is 1. The Labute approximate surface area is 240 Å². The molecular formula is C31H40F2N6O2. The van der Waals surface area contributed by atoms with Crippen molar-refractivity contribution in [2.45, 2.75) is 44.6 Å². The molecule has 1 aromatic heterocycles. The number of aliphatic imine (C=N–C) groups is 1. The topological polar surface area (TPSA) is 73.3 Å². The Morgan fingerprint density at radius 2 is 1.85 bits per heavy atom. The maximum absolute atomic E-state index is 14.0. The molecule has 3 fully saturated rings. The van der Waals surface area contributed by atoms with Gasteiger partial charge in [0.15, 0.2) is 0 Å². The Bertz CT molecular complexity index is 1290. The van der Waals surface area contributed by atoms with Crippen LogP contribution >= 0.6 is 0 Å². The van der Waals surface area contributed by atoms with Crippen LogP contribution in [-0.4, -0.2) is 97.9 Å². The van der Waals surface area contributed by atoms with Gasteiger partial charge in [0.25, 0.3) is 11.8 Å². The van der Waals surface area contributed by atoms with Crippen molar-refractivity contribution < 1.29 is 18.3 Å². The van der Waals surface area contributed by atoms with Crippen molar-refractivity contribution in [2.24, 2.45) is 4.99 Å². The number of piperidine rings is 1. The van der Waals surface area contributed by atoms with E-state index in [0.29, 0.717) is 24.6 Å². The molecule has 3 saturated heterocycles. The number of pyridine rings is 1. The fourth-order valence-electron chi connectivity index (χ4n) is 5.77. The molecule has 1 unspecified atom stereocenters. The van der Waals surface area contributed by atoms with E-state index in [9.17, 15) is 13.6 Å². The SMILES string of the molecule is C=C(/N=C\C(=C/C)C(CNC(=O)c1cccc2nc(N3CCCC3)ccc12)N1CCC(F)(F)CC1)N1CCOCC1. The van der Waals surface area contributed by atoms with Crippen LogP contribution < -0.4 is 10.2 Å². The number of hydrogen-bond acceptors (Lipinski definition) is 7. The van der Waals surface area contributed by atoms with Gasteiger partial charge in [-0.3, -0.25) is 9.69 Å². The summed E-state index contributed by atoms with van der Waals surface area (Å²) >= 11 is 0. The highest BCUT2D eigenvalue weighted by atomic mass is 19.3. The summed E-state index contributed by atoms with van der Waals surface area (Å²) in [4.78, 5) is 29.3. The Morgan fingerprint density at radius 3 is 2.56 bits per heavy atom. The van der Waals surface area contributed by atoms with E-state index >= 15 is 0 Å². The third-order valence-electron chi connectivity index (χ3n) is 8.28. The molecule has 0 spiro atoms. The highest BCUT2D eigenvalue weighted by Crippen LogP contribution is 2.30. The van der Waals surface area contributed by atoms with Crippen molar-refractivity contribution in [3.8, 4) is 0 Å². The summed E-state index contributed by atoms with van der Waals surface area (Å²) in [5, 5.41) is 3.88. The lowest BCUT2D eigenvalue weighted by Gasteiger charge is -2.38. The fraction of sp³-hybridized carbons (Fsp3) is 0.516. The number of carbonyl (C=O) groups excluding carboxylic acids is 1. The molecular weight excluding hydrogens is 526 g/mol. The highest BCUT2D eigenvalue weighted by Gasteiger charge is 2.37. The first kappa shape index (κ1) is 29.1. The molecule has 2 aromatic rings. The molecule has 3 aliphatic rings. The number of anilines is 1. The van der Waals surface area contributed by atoms with E-state index in [0.717, 1.165) is 61.3 Å². The van der Waals surface area contributed by atoms with Crippen molar-refractivity contribution in [3.63, 3.8) is 0 Å². The van der Waals surface area contributed by atoms with Crippen LogP contribution in [0.5, 0.6) is 0 Å². The summed E-state index contributed by atoms with van der Waals surface area (Å²) in [6, 6.07) is 9.22. The molecule has 4 heterocycles. The number of amides is 1. The van der Waals surface area contributed by atoms with Crippen LogP contribution in [0.1, 0.15) is 43.0 Å². The van der Waals surface area contributed by atoms with E-state index in [1.165, 1.54) is 0 Å². The first-order chi connectivity index (χ1) is 19.8. The van der Waals surface area contributed by atoms with Gasteiger partial charge in [0.05, 0.1) is 24.8 Å². The van der Waals surface area contributed by atoms with Crippen LogP contribution in [0.2, 0.25) is 0 Å². The Hall–Kier alpha value is -3.37. The number of hydrogen-bond donors (Lipinski definition) is 1. The summed E-state index contributed by atoms with van der Waals surface area (Å²) in [5.74, 6) is -1.31. The number of likely N-dealkylation sites (tertiary alicyclic amines) is 1. The molecule has 41 heavy (non-hydrogen) atoms. The number of nitrogens with zero attached hydrogens (tertiary/aromatic N) is 5. The van der Waals surface area contributed by atoms with E-state index in [2.05, 4.69) is 26.7 Å². The van der Waals surface area contributed by atoms with Gasteiger partial charge in [-0.1, -0.05) is 18.7 Å². The van der Waals surface area contributed by atoms with Crippen molar-refractivity contribution in [2.75, 3.05) is 63.9 Å². The van der Waals surface area contributed by atoms with Gasteiger partial charge in [-0.05, 0) is 49.6 Å². The molecule has 1 atom stereocenters. The van der Waals surface area contributed by atoms with Crippen LogP contribution in [0.3, 0.4) is 0 Å². The molecule has 1 aromatic carbocycles. The van der Waals surface area contributed by atoms with Crippen LogP contribution in [-0.2, 0) is 4.74 Å². The number of allylic oxidation sites excluding steroid dienone is 1. The van der Waals surface area contributed by atoms with Gasteiger partial charge in [0, 0.05) is 75.8 Å². The number of rotatable bonds is 9. The first-order valence-corrected chi connectivity index (χ1v) is 14.6. The second-order valence-electron chi connectivity index (χ2n) is 10.9. The zero-order chi connectivity index (χ0) is 28.8. The number of halogens is 2. The average molecular weight is 567 g/mol. The molecule has 0 bridgehead atoms. The molecule has 5 rings (SSSR count). The van der Waals surface area contributed by atoms with Crippen LogP contribution in [0, 0.1) is 0 Å². The molecule has 0 saturated carbocycles. The standard InChI is InChI=1S/C31H40F2N6O2/c1-3-24(21-34-23(2)37-17-19-41-20-18-37)28(38-15-11-31(32,33)12-16-38)22-35-30(40)26-7-6-8-27-25(26)9-10-29(36-27)39-13-4-5-14-39/h3,6-10,21,28H,2,4-5,11-20,22H2,1H3,(H,35,40)/b24-3+,34-21-. The predicted molar refractivity (Wildman–Crippen MR) is 159 cm³/mol. The number of fused-ring (bicyclic) bond motifs is 1. The zero-order valence-corrected chi connectivity index (χ0v) is 23.8. The number of morpholine rings is 1. The lowest BCUT2D eigenvalue weighted by molar-refractivity contribution is -0.0598. The Kier molecular flexibility index (Phi) is 9.29. The zero-order valence-electron chi connectivity index (χ0n) is 23.8. The second kappa shape index (κ2) is 13.1. The van der Waals surface area contributed by atoms with E-state index in [1.54, 1.807) is 12.3 Å². The first-order valence-electron chi connectivity index (χ1n) is 14.6. The molecule has 0 radical (unpaired) electrons. The van der Waals surface area contributed by atoms with E-state index < -0.39 is 5.92 Å². The smallest absolute Gasteiger partial charge is 0.252 e. The Morgan fingerprint density at radius 1 is 1.12 bits per heavy atom. The molecule has 3 aliphatic heterocycles. The van der Waals surface area contributed by atoms with Gasteiger partial charge < -0.3 is 19.9 Å². The third-order valence-corrected chi connectivity index (χ3v) is 8.28. The molecule has 1 amide bonds. The van der Waals surface area contributed by atoms with Crippen molar-refractivity contribution in [1.82, 2.24) is 20.1 Å². The molecule has 1 N–H and O–H groups in total. The summed E-state index contributed by atoms with van der Waals surface area (Å²) < 4.78 is 33.5. The van der Waals surface area contributed by atoms with Gasteiger partial charge in [-0.2, -0.15) is 0 Å². The van der Waals surface area contributed by atoms with Gasteiger partial charge in [0.1, 0.15) is 11.6 Å². The largest absolute Gasteiger partial charge is 0.378 e. The van der Waals surface area contributed by atoms with Gasteiger partial charge in [-0.15, -0.1) is 0 Å². The van der Waals surface area contributed by atoms with Crippen molar-refractivity contribution in [1.29, 1.82) is 0 Å². The van der Waals surface area contributed by atoms with Gasteiger partial charge in [-0.25, -0.2) is 18.8 Å². The lowest BCUT2D eigenvalue weighted by atomic mass is 9.99. The number of ether oxygens (including phenoxy) is 1. The molecule has 220 valence electrons. The number of benzene rings is 1. The number of alkyl halides is 2. The summed E-state index contributed by atoms with van der Waals surface area (Å²) in [6.07, 6.45) is 5.60. The minimum atomic E-state index is -2.66. The van der Waals surface area contributed by atoms with E-state index in [1.807, 2.05) is 42.2 Å². The average Bonchev–Trinajstić information content (AvgIpc) is 3.54. The Balaban J connectivity index is 1.32. The van der Waals surface area contributed by atoms with Gasteiger partial charge >= 0.3 is 0 Å². The molecule has 0 aliphatic carbocycles. The van der Waals surface area contributed by atoms with Crippen LogP contribution in [0.15, 0.2) is 59.4 Å². The van der Waals surface area contributed by atoms with Crippen molar-refractivity contribution >= 4 is 28.8 Å². The normalized spacial score (nSPS) is 21.0. The van der Waals surface area contributed by atoms with E-state index in [4.69, 9.17) is 9.72 Å². The second-order valence-corrected chi connectivity index (χ2v) is 10.9. The summed E-state index contributed by atoms with van der Waals surface area (Å²) in [5.41, 5.74) is 2.17.